The van der Waals surface area contributed by atoms with Crippen LogP contribution in [0.3, 0.4) is 0 Å². The second-order valence-electron chi connectivity index (χ2n) is 4.96. The van der Waals surface area contributed by atoms with Crippen LogP contribution in [0.2, 0.25) is 0 Å². The molecule has 0 unspecified atom stereocenters. The average molecular weight is 275 g/mol. The van der Waals surface area contributed by atoms with Crippen LogP contribution in [0.25, 0.3) is 34.4 Å². The smallest absolute Gasteiger partial charge is 0.135 e. The van der Waals surface area contributed by atoms with E-state index in [2.05, 4.69) is 23.7 Å². The molecule has 0 aliphatic carbocycles. The molecule has 2 heterocycles. The van der Waals surface area contributed by atoms with Gasteiger partial charge in [0.2, 0.25) is 0 Å². The summed E-state index contributed by atoms with van der Waals surface area (Å²) >= 11 is 0. The lowest BCUT2D eigenvalue weighted by atomic mass is 10.0. The van der Waals surface area contributed by atoms with Gasteiger partial charge < -0.3 is 4.42 Å². The van der Waals surface area contributed by atoms with E-state index in [1.807, 2.05) is 50.3 Å². The fourth-order valence-corrected chi connectivity index (χ4v) is 2.49. The number of fused-ring (bicyclic) bond motifs is 1. The number of pyridine rings is 1. The largest absolute Gasteiger partial charge is 0.456 e. The number of hydrogen-bond acceptors (Lipinski definition) is 2. The van der Waals surface area contributed by atoms with Gasteiger partial charge in [0.15, 0.2) is 0 Å². The van der Waals surface area contributed by atoms with Crippen LogP contribution in [-0.2, 0) is 0 Å². The van der Waals surface area contributed by atoms with E-state index in [9.17, 15) is 0 Å². The predicted octanol–water partition coefficient (Wildman–Crippen LogP) is 5.48. The maximum absolute atomic E-state index is 5.83. The molecular formula is C19H17NO. The zero-order valence-electron chi connectivity index (χ0n) is 12.3. The van der Waals surface area contributed by atoms with Gasteiger partial charge in [-0.05, 0) is 50.3 Å². The highest BCUT2D eigenvalue weighted by molar-refractivity contribution is 5.93. The van der Waals surface area contributed by atoms with E-state index >= 15 is 0 Å². The molecule has 2 heteroatoms. The Kier molecular flexibility index (Phi) is 3.44. The number of benzene rings is 1. The first kappa shape index (κ1) is 13.4. The number of allylic oxidation sites excluding steroid dienone is 1. The van der Waals surface area contributed by atoms with Crippen molar-refractivity contribution in [2.45, 2.75) is 13.8 Å². The minimum atomic E-state index is 0.803. The van der Waals surface area contributed by atoms with Gasteiger partial charge in [0.1, 0.15) is 11.3 Å². The highest BCUT2D eigenvalue weighted by Gasteiger charge is 2.11. The summed E-state index contributed by atoms with van der Waals surface area (Å²) in [6.45, 7) is 7.82. The van der Waals surface area contributed by atoms with Crippen LogP contribution in [0.4, 0.5) is 0 Å². The molecule has 0 aliphatic rings. The Hall–Kier alpha value is -2.61. The van der Waals surface area contributed by atoms with Gasteiger partial charge in [-0.25, -0.2) is 0 Å². The Morgan fingerprint density at radius 2 is 2.05 bits per heavy atom. The Balaban J connectivity index is 2.23. The van der Waals surface area contributed by atoms with Crippen LogP contribution in [0.15, 0.2) is 53.5 Å². The minimum Gasteiger partial charge on any atom is -0.456 e. The number of rotatable bonds is 3. The fourth-order valence-electron chi connectivity index (χ4n) is 2.49. The molecule has 0 amide bonds. The van der Waals surface area contributed by atoms with Crippen molar-refractivity contribution in [1.29, 1.82) is 0 Å². The second-order valence-corrected chi connectivity index (χ2v) is 4.96. The van der Waals surface area contributed by atoms with Crippen molar-refractivity contribution in [2.24, 2.45) is 0 Å². The van der Waals surface area contributed by atoms with Crippen LogP contribution in [0.5, 0.6) is 0 Å². The van der Waals surface area contributed by atoms with E-state index in [1.165, 1.54) is 0 Å². The van der Waals surface area contributed by atoms with E-state index in [0.29, 0.717) is 0 Å². The third kappa shape index (κ3) is 2.40. The third-order valence-corrected chi connectivity index (χ3v) is 3.46. The highest BCUT2D eigenvalue weighted by atomic mass is 16.3. The van der Waals surface area contributed by atoms with Gasteiger partial charge in [-0.2, -0.15) is 0 Å². The lowest BCUT2D eigenvalue weighted by Crippen LogP contribution is -1.86. The molecule has 21 heavy (non-hydrogen) atoms. The summed E-state index contributed by atoms with van der Waals surface area (Å²) in [5.74, 6) is 0.803. The molecule has 0 fully saturated rings. The molecule has 0 spiro atoms. The SMILES string of the molecule is C=Cc1oc2ccc(-c3cccc(C)n3)cc2c1/C=C\C. The van der Waals surface area contributed by atoms with Crippen molar-refractivity contribution in [3.05, 3.63) is 66.1 Å². The summed E-state index contributed by atoms with van der Waals surface area (Å²) in [6, 6.07) is 12.2. The van der Waals surface area contributed by atoms with Crippen molar-refractivity contribution in [2.75, 3.05) is 0 Å². The summed E-state index contributed by atoms with van der Waals surface area (Å²) in [5.41, 5.74) is 5.02. The minimum absolute atomic E-state index is 0.803. The molecule has 0 radical (unpaired) electrons. The first-order valence-corrected chi connectivity index (χ1v) is 6.98. The van der Waals surface area contributed by atoms with Gasteiger partial charge in [0.05, 0.1) is 5.69 Å². The first-order chi connectivity index (χ1) is 10.2. The third-order valence-electron chi connectivity index (χ3n) is 3.46. The van der Waals surface area contributed by atoms with Crippen LogP contribution in [0.1, 0.15) is 23.9 Å². The van der Waals surface area contributed by atoms with Crippen LogP contribution in [-0.4, -0.2) is 4.98 Å². The summed E-state index contributed by atoms with van der Waals surface area (Å²) in [5, 5.41) is 1.09. The molecule has 0 saturated carbocycles. The Morgan fingerprint density at radius 1 is 1.19 bits per heavy atom. The van der Waals surface area contributed by atoms with Gasteiger partial charge in [-0.1, -0.05) is 24.8 Å². The maximum Gasteiger partial charge on any atom is 0.135 e. The van der Waals surface area contributed by atoms with E-state index in [4.69, 9.17) is 4.42 Å². The zero-order valence-corrected chi connectivity index (χ0v) is 12.3. The molecule has 1 aromatic carbocycles. The molecule has 0 N–H and O–H groups in total. The molecule has 104 valence electrons. The predicted molar refractivity (Wildman–Crippen MR) is 89.0 cm³/mol. The molecule has 3 rings (SSSR count). The Morgan fingerprint density at radius 3 is 2.76 bits per heavy atom. The number of aromatic nitrogens is 1. The number of hydrogen-bond donors (Lipinski definition) is 0. The standard InChI is InChI=1S/C19H17NO/c1-4-7-15-16-12-14(17-9-6-8-13(3)20-17)10-11-19(16)21-18(15)5-2/h4-12H,2H2,1,3H3/b7-4-. The molecule has 2 nitrogen and oxygen atoms in total. The zero-order chi connectivity index (χ0) is 14.8. The van der Waals surface area contributed by atoms with E-state index < -0.39 is 0 Å². The van der Waals surface area contributed by atoms with Crippen molar-refractivity contribution in [1.82, 2.24) is 4.98 Å². The molecule has 0 saturated heterocycles. The summed E-state index contributed by atoms with van der Waals surface area (Å²) < 4.78 is 5.83. The van der Waals surface area contributed by atoms with Crippen molar-refractivity contribution >= 4 is 23.1 Å². The molecule has 2 aromatic heterocycles. The number of aryl methyl sites for hydroxylation is 1. The molecular weight excluding hydrogens is 258 g/mol. The summed E-state index contributed by atoms with van der Waals surface area (Å²) in [4.78, 5) is 4.58. The van der Waals surface area contributed by atoms with Crippen LogP contribution >= 0.6 is 0 Å². The van der Waals surface area contributed by atoms with Gasteiger partial charge >= 0.3 is 0 Å². The lowest BCUT2D eigenvalue weighted by molar-refractivity contribution is 0.603. The van der Waals surface area contributed by atoms with Crippen molar-refractivity contribution in [3.8, 4) is 11.3 Å². The number of furan rings is 1. The van der Waals surface area contributed by atoms with Crippen LogP contribution < -0.4 is 0 Å². The Labute approximate surface area is 124 Å². The quantitative estimate of drug-likeness (QED) is 0.632. The van der Waals surface area contributed by atoms with E-state index in [0.717, 1.165) is 39.2 Å². The topological polar surface area (TPSA) is 26.0 Å². The first-order valence-electron chi connectivity index (χ1n) is 6.98. The molecule has 3 aromatic rings. The molecule has 0 bridgehead atoms. The van der Waals surface area contributed by atoms with Gasteiger partial charge in [0.25, 0.3) is 0 Å². The van der Waals surface area contributed by atoms with E-state index in [-0.39, 0.29) is 0 Å². The van der Waals surface area contributed by atoms with Crippen molar-refractivity contribution < 1.29 is 4.42 Å². The average Bonchev–Trinajstić information content (AvgIpc) is 2.85. The molecule has 0 aliphatic heterocycles. The van der Waals surface area contributed by atoms with Gasteiger partial charge in [0, 0.05) is 22.2 Å². The highest BCUT2D eigenvalue weighted by Crippen LogP contribution is 2.31. The van der Waals surface area contributed by atoms with Crippen molar-refractivity contribution in [3.63, 3.8) is 0 Å². The molecule has 0 atom stereocenters. The summed E-state index contributed by atoms with van der Waals surface area (Å²) in [7, 11) is 0. The number of nitrogens with zero attached hydrogens (tertiary/aromatic N) is 1. The van der Waals surface area contributed by atoms with Crippen LogP contribution in [0, 0.1) is 6.92 Å². The second kappa shape index (κ2) is 5.41. The fraction of sp³-hybridized carbons (Fsp3) is 0.105. The van der Waals surface area contributed by atoms with E-state index in [1.54, 1.807) is 6.08 Å². The maximum atomic E-state index is 5.83. The summed E-state index contributed by atoms with van der Waals surface area (Å²) in [6.07, 6.45) is 5.81. The van der Waals surface area contributed by atoms with Gasteiger partial charge in [-0.15, -0.1) is 0 Å². The Bertz CT molecular complexity index is 840. The lowest BCUT2D eigenvalue weighted by Gasteiger charge is -2.02. The van der Waals surface area contributed by atoms with Gasteiger partial charge in [-0.3, -0.25) is 4.98 Å². The monoisotopic (exact) mass is 275 g/mol. The normalized spacial score (nSPS) is 11.3.